The maximum Gasteiger partial charge on any atom is 0.317 e. The Bertz CT molecular complexity index is 340. The molecular weight excluding hydrogens is 190 g/mol. The first-order valence-electron chi connectivity index (χ1n) is 5.03. The molecule has 0 radical (unpaired) electrons. The van der Waals surface area contributed by atoms with Crippen LogP contribution in [0.5, 0.6) is 0 Å². The maximum absolute atomic E-state index is 11.0. The van der Waals surface area contributed by atoms with Crippen LogP contribution in [0.1, 0.15) is 20.8 Å². The van der Waals surface area contributed by atoms with Gasteiger partial charge in [0.1, 0.15) is 5.41 Å². The Labute approximate surface area is 90.2 Å². The molecule has 0 aromatic heterocycles. The van der Waals surface area contributed by atoms with Gasteiger partial charge in [-0.3, -0.25) is 4.79 Å². The number of carboxylic acid groups (broad SMARTS) is 1. The molecule has 0 aromatic rings. The number of nitrogens with one attached hydrogen (secondary N) is 1. The van der Waals surface area contributed by atoms with Gasteiger partial charge in [0.25, 0.3) is 0 Å². The largest absolute Gasteiger partial charge is 0.480 e. The first-order valence-corrected chi connectivity index (χ1v) is 5.03. The average Bonchev–Trinajstić information content (AvgIpc) is 2.29. The zero-order valence-electron chi connectivity index (χ0n) is 9.32. The van der Waals surface area contributed by atoms with Gasteiger partial charge in [-0.1, -0.05) is 18.2 Å². The highest BCUT2D eigenvalue weighted by molar-refractivity contribution is 5.79. The summed E-state index contributed by atoms with van der Waals surface area (Å²) in [7, 11) is 0. The molecule has 0 spiro atoms. The normalized spacial score (nSPS) is 24.9. The van der Waals surface area contributed by atoms with Crippen molar-refractivity contribution in [3.05, 3.63) is 36.1 Å². The van der Waals surface area contributed by atoms with Crippen LogP contribution in [-0.2, 0) is 4.79 Å². The van der Waals surface area contributed by atoms with Crippen LogP contribution >= 0.6 is 0 Å². The SMILES string of the molecule is CC(C)NC1=CC=CC(C)(C(=O)O)C=C1. The fourth-order valence-corrected chi connectivity index (χ4v) is 1.30. The van der Waals surface area contributed by atoms with Crippen LogP contribution < -0.4 is 5.32 Å². The van der Waals surface area contributed by atoms with E-state index in [0.29, 0.717) is 6.04 Å². The Morgan fingerprint density at radius 2 is 2.13 bits per heavy atom. The third kappa shape index (κ3) is 2.98. The number of hydrogen-bond acceptors (Lipinski definition) is 2. The monoisotopic (exact) mass is 207 g/mol. The Kier molecular flexibility index (Phi) is 3.35. The van der Waals surface area contributed by atoms with Crippen molar-refractivity contribution in [3.8, 4) is 0 Å². The average molecular weight is 207 g/mol. The molecule has 0 heterocycles. The molecule has 82 valence electrons. The second-order valence-corrected chi connectivity index (χ2v) is 4.20. The van der Waals surface area contributed by atoms with Crippen LogP contribution in [-0.4, -0.2) is 17.1 Å². The number of rotatable bonds is 3. The Morgan fingerprint density at radius 3 is 2.67 bits per heavy atom. The van der Waals surface area contributed by atoms with Gasteiger partial charge in [0.2, 0.25) is 0 Å². The third-order valence-electron chi connectivity index (χ3n) is 2.24. The predicted octanol–water partition coefficient (Wildman–Crippen LogP) is 2.09. The van der Waals surface area contributed by atoms with Gasteiger partial charge in [0.15, 0.2) is 0 Å². The first kappa shape index (κ1) is 11.6. The smallest absolute Gasteiger partial charge is 0.317 e. The fraction of sp³-hybridized carbons (Fsp3) is 0.417. The van der Waals surface area contributed by atoms with Gasteiger partial charge < -0.3 is 10.4 Å². The minimum atomic E-state index is -0.906. The molecule has 1 aliphatic rings. The van der Waals surface area contributed by atoms with Crippen molar-refractivity contribution in [1.29, 1.82) is 0 Å². The minimum absolute atomic E-state index is 0.337. The lowest BCUT2D eigenvalue weighted by atomic mass is 9.90. The lowest BCUT2D eigenvalue weighted by molar-refractivity contribution is -0.142. The van der Waals surface area contributed by atoms with Crippen molar-refractivity contribution in [2.24, 2.45) is 5.41 Å². The molecule has 15 heavy (non-hydrogen) atoms. The first-order chi connectivity index (χ1) is 6.94. The molecule has 0 amide bonds. The molecule has 0 saturated carbocycles. The van der Waals surface area contributed by atoms with Crippen molar-refractivity contribution in [2.75, 3.05) is 0 Å². The summed E-state index contributed by atoms with van der Waals surface area (Å²) in [5, 5.41) is 12.3. The summed E-state index contributed by atoms with van der Waals surface area (Å²) >= 11 is 0. The molecule has 3 nitrogen and oxygen atoms in total. The molecule has 1 unspecified atom stereocenters. The molecule has 3 heteroatoms. The van der Waals surface area contributed by atoms with Crippen LogP contribution in [0, 0.1) is 5.41 Å². The molecule has 0 fully saturated rings. The Morgan fingerprint density at radius 1 is 1.47 bits per heavy atom. The van der Waals surface area contributed by atoms with Crippen LogP contribution in [0.4, 0.5) is 0 Å². The second kappa shape index (κ2) is 4.34. The number of aliphatic carboxylic acids is 1. The van der Waals surface area contributed by atoms with Crippen LogP contribution in [0.15, 0.2) is 36.1 Å². The van der Waals surface area contributed by atoms with E-state index >= 15 is 0 Å². The highest BCUT2D eigenvalue weighted by Gasteiger charge is 2.27. The summed E-state index contributed by atoms with van der Waals surface area (Å²) in [5.74, 6) is -0.839. The summed E-state index contributed by atoms with van der Waals surface area (Å²) in [5.41, 5.74) is 0.0305. The van der Waals surface area contributed by atoms with Gasteiger partial charge in [-0.15, -0.1) is 0 Å². The summed E-state index contributed by atoms with van der Waals surface area (Å²) in [6, 6.07) is 0.337. The maximum atomic E-state index is 11.0. The summed E-state index contributed by atoms with van der Waals surface area (Å²) in [6.07, 6.45) is 8.85. The Hall–Kier alpha value is -1.51. The highest BCUT2D eigenvalue weighted by atomic mass is 16.4. The number of allylic oxidation sites excluding steroid dienone is 3. The van der Waals surface area contributed by atoms with Crippen LogP contribution in [0.2, 0.25) is 0 Å². The van der Waals surface area contributed by atoms with Crippen molar-refractivity contribution in [2.45, 2.75) is 26.8 Å². The van der Waals surface area contributed by atoms with E-state index in [-0.39, 0.29) is 0 Å². The molecule has 0 aromatic carbocycles. The molecule has 0 saturated heterocycles. The van der Waals surface area contributed by atoms with Gasteiger partial charge in [-0.2, -0.15) is 0 Å². The van der Waals surface area contributed by atoms with Crippen molar-refractivity contribution in [3.63, 3.8) is 0 Å². The predicted molar refractivity (Wildman–Crippen MR) is 60.4 cm³/mol. The zero-order valence-corrected chi connectivity index (χ0v) is 9.32. The van der Waals surface area contributed by atoms with Gasteiger partial charge in [0, 0.05) is 11.7 Å². The molecule has 0 aliphatic heterocycles. The zero-order chi connectivity index (χ0) is 11.5. The summed E-state index contributed by atoms with van der Waals surface area (Å²) in [6.45, 7) is 5.76. The number of carboxylic acids is 1. The van der Waals surface area contributed by atoms with Gasteiger partial charge in [0.05, 0.1) is 0 Å². The fourth-order valence-electron chi connectivity index (χ4n) is 1.30. The van der Waals surface area contributed by atoms with E-state index in [2.05, 4.69) is 5.32 Å². The number of hydrogen-bond donors (Lipinski definition) is 2. The quantitative estimate of drug-likeness (QED) is 0.745. The topological polar surface area (TPSA) is 49.3 Å². The van der Waals surface area contributed by atoms with Gasteiger partial charge in [-0.05, 0) is 32.9 Å². The summed E-state index contributed by atoms with van der Waals surface area (Å²) < 4.78 is 0. The molecule has 1 aliphatic carbocycles. The van der Waals surface area contributed by atoms with E-state index in [1.807, 2.05) is 26.0 Å². The van der Waals surface area contributed by atoms with Crippen LogP contribution in [0.3, 0.4) is 0 Å². The van der Waals surface area contributed by atoms with E-state index < -0.39 is 11.4 Å². The minimum Gasteiger partial charge on any atom is -0.480 e. The lowest BCUT2D eigenvalue weighted by Crippen LogP contribution is -2.23. The van der Waals surface area contributed by atoms with Gasteiger partial charge >= 0.3 is 5.97 Å². The van der Waals surface area contributed by atoms with E-state index in [0.717, 1.165) is 5.70 Å². The van der Waals surface area contributed by atoms with E-state index in [1.165, 1.54) is 0 Å². The number of carbonyl (C=O) groups is 1. The lowest BCUT2D eigenvalue weighted by Gasteiger charge is -2.14. The molecular formula is C12H17NO2. The standard InChI is InChI=1S/C12H17NO2/c1-9(2)13-10-5-4-7-12(3,8-6-10)11(14)15/h4-9,13H,1-3H3,(H,14,15). The van der Waals surface area contributed by atoms with Crippen molar-refractivity contribution in [1.82, 2.24) is 5.32 Å². The molecule has 0 bridgehead atoms. The Balaban J connectivity index is 2.84. The third-order valence-corrected chi connectivity index (χ3v) is 2.24. The van der Waals surface area contributed by atoms with E-state index in [9.17, 15) is 4.79 Å². The van der Waals surface area contributed by atoms with Crippen LogP contribution in [0.25, 0.3) is 0 Å². The second-order valence-electron chi connectivity index (χ2n) is 4.20. The van der Waals surface area contributed by atoms with Crippen molar-refractivity contribution < 1.29 is 9.90 Å². The highest BCUT2D eigenvalue weighted by Crippen LogP contribution is 2.23. The van der Waals surface area contributed by atoms with Gasteiger partial charge in [-0.25, -0.2) is 0 Å². The summed E-state index contributed by atoms with van der Waals surface area (Å²) in [4.78, 5) is 11.0. The van der Waals surface area contributed by atoms with E-state index in [1.54, 1.807) is 25.2 Å². The molecule has 1 rings (SSSR count). The van der Waals surface area contributed by atoms with Crippen molar-refractivity contribution >= 4 is 5.97 Å². The van der Waals surface area contributed by atoms with E-state index in [4.69, 9.17) is 5.11 Å². The molecule has 2 N–H and O–H groups in total. The molecule has 1 atom stereocenters.